The molecule has 0 spiro atoms. The third kappa shape index (κ3) is 6.63. The zero-order valence-electron chi connectivity index (χ0n) is 37.1. The van der Waals surface area contributed by atoms with Crippen molar-refractivity contribution in [3.63, 3.8) is 0 Å². The highest BCUT2D eigenvalue weighted by atomic mass is 15.1. The van der Waals surface area contributed by atoms with Crippen molar-refractivity contribution in [1.29, 1.82) is 0 Å². The summed E-state index contributed by atoms with van der Waals surface area (Å²) in [5.41, 5.74) is 20.6. The lowest BCUT2D eigenvalue weighted by molar-refractivity contribution is 0.660. The monoisotopic (exact) mass is 841 g/mol. The molecule has 0 N–H and O–H groups in total. The largest absolute Gasteiger partial charge is 0.309 e. The number of rotatable bonds is 8. The Hall–Kier alpha value is -8.26. The van der Waals surface area contributed by atoms with E-state index in [-0.39, 0.29) is 5.41 Å². The molecule has 0 unspecified atom stereocenters. The topological polar surface area (TPSA) is 3.24 Å². The molecule has 0 saturated heterocycles. The molecule has 66 heavy (non-hydrogen) atoms. The first kappa shape index (κ1) is 39.3. The highest BCUT2D eigenvalue weighted by Crippen LogP contribution is 2.52. The fraction of sp³-hybridized carbons (Fsp3) is 0.0462. The minimum atomic E-state index is -0.114. The van der Waals surface area contributed by atoms with Crippen LogP contribution in [-0.2, 0) is 5.41 Å². The summed E-state index contributed by atoms with van der Waals surface area (Å²) in [6.07, 6.45) is 0. The number of para-hydroxylation sites is 2. The van der Waals surface area contributed by atoms with Gasteiger partial charge in [0, 0.05) is 22.2 Å². The first-order valence-electron chi connectivity index (χ1n) is 23.0. The third-order valence-electron chi connectivity index (χ3n) is 13.9. The number of hydrogen-bond donors (Lipinski definition) is 0. The molecule has 312 valence electrons. The van der Waals surface area contributed by atoms with Crippen LogP contribution in [0.1, 0.15) is 25.0 Å². The highest BCUT2D eigenvalue weighted by molar-refractivity contribution is 6.09. The van der Waals surface area contributed by atoms with Gasteiger partial charge in [-0.3, -0.25) is 0 Å². The van der Waals surface area contributed by atoms with Crippen molar-refractivity contribution < 1.29 is 0 Å². The van der Waals surface area contributed by atoms with E-state index in [0.717, 1.165) is 17.1 Å². The van der Waals surface area contributed by atoms with Crippen molar-refractivity contribution in [2.75, 3.05) is 4.90 Å². The average molecular weight is 842 g/mol. The van der Waals surface area contributed by atoms with Gasteiger partial charge >= 0.3 is 0 Å². The van der Waals surface area contributed by atoms with Gasteiger partial charge in [0.2, 0.25) is 0 Å². The molecule has 0 fully saturated rings. The summed E-state index contributed by atoms with van der Waals surface area (Å²) >= 11 is 0. The average Bonchev–Trinajstić information content (AvgIpc) is 3.61. The predicted octanol–water partition coefficient (Wildman–Crippen LogP) is 18.1. The van der Waals surface area contributed by atoms with Crippen molar-refractivity contribution in [1.82, 2.24) is 0 Å². The maximum Gasteiger partial charge on any atom is 0.0540 e. The molecule has 11 aromatic carbocycles. The van der Waals surface area contributed by atoms with Gasteiger partial charge in [0.25, 0.3) is 0 Å². The molecule has 1 aliphatic carbocycles. The van der Waals surface area contributed by atoms with Gasteiger partial charge in [0.1, 0.15) is 0 Å². The van der Waals surface area contributed by atoms with E-state index in [1.165, 1.54) is 99.4 Å². The molecule has 0 amide bonds. The van der Waals surface area contributed by atoms with E-state index < -0.39 is 0 Å². The molecule has 11 aromatic rings. The van der Waals surface area contributed by atoms with Gasteiger partial charge in [-0.15, -0.1) is 0 Å². The van der Waals surface area contributed by atoms with Gasteiger partial charge in [-0.2, -0.15) is 0 Å². The van der Waals surface area contributed by atoms with Crippen LogP contribution in [0, 0.1) is 0 Å². The van der Waals surface area contributed by atoms with E-state index in [0.29, 0.717) is 0 Å². The number of nitrogens with zero attached hydrogens (tertiary/aromatic N) is 1. The quantitative estimate of drug-likeness (QED) is 0.147. The number of fused-ring (bicyclic) bond motifs is 5. The van der Waals surface area contributed by atoms with Crippen LogP contribution < -0.4 is 4.90 Å². The van der Waals surface area contributed by atoms with E-state index in [1.54, 1.807) is 0 Å². The van der Waals surface area contributed by atoms with Gasteiger partial charge in [0.05, 0.1) is 11.4 Å². The standard InChI is InChI=1S/C65H47N/c1-65(2)60-30-11-8-25-56(60)57-42-39-50(43-61(57)65)54-24-9-12-31-62(54)66(51-40-37-45(38-41-51)44-33-35-48(36-34-44)53-27-14-20-46-19-6-7-23-52(46)53)63-32-13-10-26-58(63)59-29-16-22-49-21-15-28-55(64(49)59)47-17-4-3-5-18-47/h3-43H,1-2H3. The first-order chi connectivity index (χ1) is 32.5. The van der Waals surface area contributed by atoms with Crippen molar-refractivity contribution in [3.05, 3.63) is 260 Å². The molecule has 0 radical (unpaired) electrons. The molecule has 0 saturated carbocycles. The smallest absolute Gasteiger partial charge is 0.0540 e. The summed E-state index contributed by atoms with van der Waals surface area (Å²) < 4.78 is 0. The van der Waals surface area contributed by atoms with E-state index in [1.807, 2.05) is 0 Å². The van der Waals surface area contributed by atoms with Crippen molar-refractivity contribution >= 4 is 38.6 Å². The molecule has 0 atom stereocenters. The van der Waals surface area contributed by atoms with Crippen LogP contribution >= 0.6 is 0 Å². The van der Waals surface area contributed by atoms with E-state index >= 15 is 0 Å². The van der Waals surface area contributed by atoms with Crippen molar-refractivity contribution in [2.24, 2.45) is 0 Å². The molecule has 0 aliphatic heterocycles. The Morgan fingerprint density at radius 1 is 0.288 bits per heavy atom. The highest BCUT2D eigenvalue weighted by Gasteiger charge is 2.35. The molecule has 12 rings (SSSR count). The summed E-state index contributed by atoms with van der Waals surface area (Å²) in [5, 5.41) is 4.99. The maximum absolute atomic E-state index is 2.48. The van der Waals surface area contributed by atoms with Crippen LogP contribution in [0.3, 0.4) is 0 Å². The van der Waals surface area contributed by atoms with Gasteiger partial charge in [0.15, 0.2) is 0 Å². The van der Waals surface area contributed by atoms with Crippen molar-refractivity contribution in [2.45, 2.75) is 19.3 Å². The molecule has 1 heteroatoms. The molecule has 1 aliphatic rings. The van der Waals surface area contributed by atoms with Gasteiger partial charge in [-0.1, -0.05) is 232 Å². The SMILES string of the molecule is CC1(C)c2ccccc2-c2ccc(-c3ccccc3N(c3ccc(-c4ccc(-c5cccc6ccccc56)cc4)cc3)c3ccccc3-c3cccc4cccc(-c5ccccc5)c34)cc21. The predicted molar refractivity (Wildman–Crippen MR) is 281 cm³/mol. The summed E-state index contributed by atoms with van der Waals surface area (Å²) in [7, 11) is 0. The molecule has 0 aromatic heterocycles. The van der Waals surface area contributed by atoms with E-state index in [9.17, 15) is 0 Å². The van der Waals surface area contributed by atoms with Gasteiger partial charge in [-0.25, -0.2) is 0 Å². The normalized spacial score (nSPS) is 12.5. The minimum absolute atomic E-state index is 0.114. The molecular weight excluding hydrogens is 795 g/mol. The van der Waals surface area contributed by atoms with Crippen molar-refractivity contribution in [3.8, 4) is 66.8 Å². The summed E-state index contributed by atoms with van der Waals surface area (Å²) in [6.45, 7) is 4.73. The Labute approximate surface area is 387 Å². The van der Waals surface area contributed by atoms with Crippen LogP contribution in [0.4, 0.5) is 17.1 Å². The summed E-state index contributed by atoms with van der Waals surface area (Å²) in [5.74, 6) is 0. The van der Waals surface area contributed by atoms with E-state index in [4.69, 9.17) is 0 Å². The summed E-state index contributed by atoms with van der Waals surface area (Å²) in [6, 6.07) is 91.4. The Balaban J connectivity index is 1.02. The number of hydrogen-bond acceptors (Lipinski definition) is 1. The zero-order valence-corrected chi connectivity index (χ0v) is 37.1. The lowest BCUT2D eigenvalue weighted by atomic mass is 9.81. The second kappa shape index (κ2) is 16.1. The Bertz CT molecular complexity index is 3590. The van der Waals surface area contributed by atoms with Crippen LogP contribution in [0.25, 0.3) is 88.3 Å². The minimum Gasteiger partial charge on any atom is -0.309 e. The fourth-order valence-electron chi connectivity index (χ4n) is 10.6. The fourth-order valence-corrected chi connectivity index (χ4v) is 10.6. The molecule has 0 bridgehead atoms. The third-order valence-corrected chi connectivity index (χ3v) is 13.9. The number of anilines is 3. The number of benzene rings is 11. The first-order valence-corrected chi connectivity index (χ1v) is 23.0. The van der Waals surface area contributed by atoms with Gasteiger partial charge in [-0.05, 0) is 119 Å². The lowest BCUT2D eigenvalue weighted by Gasteiger charge is -2.30. The van der Waals surface area contributed by atoms with Gasteiger partial charge < -0.3 is 4.90 Å². The Morgan fingerprint density at radius 2 is 0.773 bits per heavy atom. The Kier molecular flexibility index (Phi) is 9.58. The maximum atomic E-state index is 2.48. The van der Waals surface area contributed by atoms with Crippen LogP contribution in [0.15, 0.2) is 249 Å². The Morgan fingerprint density at radius 3 is 1.53 bits per heavy atom. The van der Waals surface area contributed by atoms with E-state index in [2.05, 4.69) is 267 Å². The van der Waals surface area contributed by atoms with Crippen LogP contribution in [0.2, 0.25) is 0 Å². The molecule has 0 heterocycles. The molecular formula is C65H47N. The lowest BCUT2D eigenvalue weighted by Crippen LogP contribution is -2.15. The van der Waals surface area contributed by atoms with Crippen LogP contribution in [-0.4, -0.2) is 0 Å². The summed E-state index contributed by atoms with van der Waals surface area (Å²) in [4.78, 5) is 2.48. The molecule has 1 nitrogen and oxygen atoms in total. The second-order valence-corrected chi connectivity index (χ2v) is 18.0. The zero-order chi connectivity index (χ0) is 44.2. The second-order valence-electron chi connectivity index (χ2n) is 18.0. The van der Waals surface area contributed by atoms with Crippen LogP contribution in [0.5, 0.6) is 0 Å².